The van der Waals surface area contributed by atoms with Gasteiger partial charge in [-0.25, -0.2) is 4.79 Å². The number of anilines is 1. The highest BCUT2D eigenvalue weighted by Gasteiger charge is 2.27. The summed E-state index contributed by atoms with van der Waals surface area (Å²) in [4.78, 5) is 21.0. The Labute approximate surface area is 216 Å². The lowest BCUT2D eigenvalue weighted by Crippen LogP contribution is -2.45. The highest BCUT2D eigenvalue weighted by atomic mass is 127. The molecule has 33 heavy (non-hydrogen) atoms. The number of aliphatic imine (C=N–C) groups is 1. The maximum atomic E-state index is 12.3. The number of nitrogens with zero attached hydrogens (tertiary/aromatic N) is 3. The van der Waals surface area contributed by atoms with E-state index in [9.17, 15) is 4.79 Å². The van der Waals surface area contributed by atoms with Crippen LogP contribution in [0.4, 0.5) is 10.5 Å². The lowest BCUT2D eigenvalue weighted by Gasteiger charge is -2.33. The molecule has 2 fully saturated rings. The van der Waals surface area contributed by atoms with E-state index in [1.807, 2.05) is 32.7 Å². The van der Waals surface area contributed by atoms with Crippen LogP contribution in [0, 0.1) is 5.92 Å². The number of guanidine groups is 1. The van der Waals surface area contributed by atoms with Crippen LogP contribution in [0.15, 0.2) is 29.3 Å². The molecule has 2 saturated heterocycles. The molecule has 3 rings (SSSR count). The second kappa shape index (κ2) is 12.7. The topological polar surface area (TPSA) is 69.2 Å². The highest BCUT2D eigenvalue weighted by Crippen LogP contribution is 2.24. The molecule has 0 aliphatic carbocycles. The molecule has 2 N–H and O–H groups in total. The van der Waals surface area contributed by atoms with Crippen molar-refractivity contribution >= 4 is 41.7 Å². The Hall–Kier alpha value is -1.71. The SMILES string of the molecule is CN=C(NCC1CCN(C(=O)OC(C)(C)C)CC1)NC(C)c1cccc(N2CCCC2)c1.I. The lowest BCUT2D eigenvalue weighted by molar-refractivity contribution is 0.0185. The summed E-state index contributed by atoms with van der Waals surface area (Å²) in [6, 6.07) is 8.99. The zero-order valence-electron chi connectivity index (χ0n) is 20.9. The van der Waals surface area contributed by atoms with Crippen molar-refractivity contribution < 1.29 is 9.53 Å². The molecule has 2 heterocycles. The summed E-state index contributed by atoms with van der Waals surface area (Å²) in [5.41, 5.74) is 2.13. The molecule has 0 aromatic heterocycles. The number of ether oxygens (including phenoxy) is 1. The van der Waals surface area contributed by atoms with Crippen molar-refractivity contribution in [1.82, 2.24) is 15.5 Å². The van der Waals surface area contributed by atoms with Crippen molar-refractivity contribution in [3.63, 3.8) is 0 Å². The number of carbonyl (C=O) groups is 1. The second-order valence-electron chi connectivity index (χ2n) is 10.0. The van der Waals surface area contributed by atoms with Gasteiger partial charge in [0.1, 0.15) is 5.60 Å². The number of hydrogen-bond donors (Lipinski definition) is 2. The third-order valence-electron chi connectivity index (χ3n) is 6.24. The van der Waals surface area contributed by atoms with Crippen LogP contribution in [-0.4, -0.2) is 62.3 Å². The van der Waals surface area contributed by atoms with Gasteiger partial charge in [0.2, 0.25) is 0 Å². The molecule has 0 bridgehead atoms. The number of amides is 1. The number of carbonyl (C=O) groups excluding carboxylic acids is 1. The average molecular weight is 572 g/mol. The number of halogens is 1. The zero-order chi connectivity index (χ0) is 23.1. The predicted molar refractivity (Wildman–Crippen MR) is 147 cm³/mol. The van der Waals surface area contributed by atoms with E-state index >= 15 is 0 Å². The van der Waals surface area contributed by atoms with Crippen molar-refractivity contribution in [3.05, 3.63) is 29.8 Å². The fraction of sp³-hybridized carbons (Fsp3) is 0.680. The van der Waals surface area contributed by atoms with E-state index in [0.717, 1.165) is 51.5 Å². The van der Waals surface area contributed by atoms with Crippen LogP contribution in [-0.2, 0) is 4.74 Å². The first-order valence-corrected chi connectivity index (χ1v) is 12.0. The number of piperidine rings is 1. The van der Waals surface area contributed by atoms with Crippen LogP contribution >= 0.6 is 24.0 Å². The molecule has 8 heteroatoms. The first kappa shape index (κ1) is 27.5. The summed E-state index contributed by atoms with van der Waals surface area (Å²) in [6.07, 6.45) is 4.30. The number of hydrogen-bond acceptors (Lipinski definition) is 4. The van der Waals surface area contributed by atoms with E-state index in [1.54, 1.807) is 0 Å². The first-order valence-electron chi connectivity index (χ1n) is 12.0. The third kappa shape index (κ3) is 8.54. The quantitative estimate of drug-likeness (QED) is 0.303. The minimum absolute atomic E-state index is 0. The van der Waals surface area contributed by atoms with E-state index < -0.39 is 5.60 Å². The van der Waals surface area contributed by atoms with Crippen molar-refractivity contribution in [3.8, 4) is 0 Å². The molecule has 1 amide bonds. The predicted octanol–water partition coefficient (Wildman–Crippen LogP) is 4.78. The maximum Gasteiger partial charge on any atom is 0.410 e. The molecule has 186 valence electrons. The molecule has 2 aliphatic heterocycles. The van der Waals surface area contributed by atoms with Gasteiger partial charge in [0.05, 0.1) is 6.04 Å². The standard InChI is InChI=1S/C25H41N5O2.HI/c1-19(21-9-8-10-22(17-21)29-13-6-7-14-29)28-23(26-5)27-18-20-11-15-30(16-12-20)24(31)32-25(2,3)4;/h8-10,17,19-20H,6-7,11-16,18H2,1-5H3,(H2,26,27,28);1H. The third-order valence-corrected chi connectivity index (χ3v) is 6.24. The van der Waals surface area contributed by atoms with Gasteiger partial charge in [0, 0.05) is 45.5 Å². The Balaban J connectivity index is 0.00000385. The lowest BCUT2D eigenvalue weighted by atomic mass is 9.97. The van der Waals surface area contributed by atoms with Crippen LogP contribution in [0.25, 0.3) is 0 Å². The molecule has 2 aliphatic rings. The molecule has 1 aromatic rings. The van der Waals surface area contributed by atoms with Crippen LogP contribution in [0.2, 0.25) is 0 Å². The van der Waals surface area contributed by atoms with Gasteiger partial charge in [-0.15, -0.1) is 24.0 Å². The zero-order valence-corrected chi connectivity index (χ0v) is 23.2. The second-order valence-corrected chi connectivity index (χ2v) is 10.0. The molecule has 0 radical (unpaired) electrons. The van der Waals surface area contributed by atoms with Gasteiger partial charge in [-0.1, -0.05) is 12.1 Å². The minimum Gasteiger partial charge on any atom is -0.444 e. The van der Waals surface area contributed by atoms with Crippen molar-refractivity contribution in [2.24, 2.45) is 10.9 Å². The molecule has 1 aromatic carbocycles. The first-order chi connectivity index (χ1) is 15.2. The van der Waals surface area contributed by atoms with E-state index in [2.05, 4.69) is 51.7 Å². The summed E-state index contributed by atoms with van der Waals surface area (Å²) >= 11 is 0. The van der Waals surface area contributed by atoms with Gasteiger partial charge in [0.15, 0.2) is 5.96 Å². The summed E-state index contributed by atoms with van der Waals surface area (Å²) < 4.78 is 5.49. The van der Waals surface area contributed by atoms with Gasteiger partial charge in [0.25, 0.3) is 0 Å². The van der Waals surface area contributed by atoms with E-state index in [4.69, 9.17) is 4.74 Å². The maximum absolute atomic E-state index is 12.3. The number of benzene rings is 1. The molecular formula is C25H42IN5O2. The van der Waals surface area contributed by atoms with Crippen LogP contribution < -0.4 is 15.5 Å². The minimum atomic E-state index is -0.446. The number of rotatable bonds is 5. The van der Waals surface area contributed by atoms with Gasteiger partial charge in [-0.05, 0) is 77.0 Å². The molecule has 1 unspecified atom stereocenters. The van der Waals surface area contributed by atoms with Gasteiger partial charge < -0.3 is 25.2 Å². The van der Waals surface area contributed by atoms with Crippen molar-refractivity contribution in [2.45, 2.75) is 65.0 Å². The Morgan fingerprint density at radius 2 is 1.85 bits per heavy atom. The van der Waals surface area contributed by atoms with E-state index in [-0.39, 0.29) is 36.1 Å². The van der Waals surface area contributed by atoms with Crippen LogP contribution in [0.5, 0.6) is 0 Å². The fourth-order valence-electron chi connectivity index (χ4n) is 4.34. The van der Waals surface area contributed by atoms with Crippen molar-refractivity contribution in [2.75, 3.05) is 44.7 Å². The largest absolute Gasteiger partial charge is 0.444 e. The Kier molecular flexibility index (Phi) is 10.6. The summed E-state index contributed by atoms with van der Waals surface area (Å²) in [6.45, 7) is 12.5. The Bertz CT molecular complexity index is 781. The Morgan fingerprint density at radius 1 is 1.18 bits per heavy atom. The van der Waals surface area contributed by atoms with E-state index in [1.165, 1.54) is 24.1 Å². The summed E-state index contributed by atoms with van der Waals surface area (Å²) in [7, 11) is 1.81. The van der Waals surface area contributed by atoms with Crippen LogP contribution in [0.3, 0.4) is 0 Å². The molecule has 7 nitrogen and oxygen atoms in total. The highest BCUT2D eigenvalue weighted by molar-refractivity contribution is 14.0. The van der Waals surface area contributed by atoms with Gasteiger partial charge in [-0.2, -0.15) is 0 Å². The average Bonchev–Trinajstić information content (AvgIpc) is 3.31. The Morgan fingerprint density at radius 3 is 2.45 bits per heavy atom. The molecule has 1 atom stereocenters. The molecule has 0 saturated carbocycles. The number of likely N-dealkylation sites (tertiary alicyclic amines) is 1. The van der Waals surface area contributed by atoms with Crippen LogP contribution in [0.1, 0.15) is 65.0 Å². The summed E-state index contributed by atoms with van der Waals surface area (Å²) in [5, 5.41) is 7.01. The normalized spacial score (nSPS) is 18.5. The van der Waals surface area contributed by atoms with Gasteiger partial charge >= 0.3 is 6.09 Å². The number of nitrogens with one attached hydrogen (secondary N) is 2. The van der Waals surface area contributed by atoms with Crippen molar-refractivity contribution in [1.29, 1.82) is 0 Å². The monoisotopic (exact) mass is 571 g/mol. The molecule has 0 spiro atoms. The van der Waals surface area contributed by atoms with Gasteiger partial charge in [-0.3, -0.25) is 4.99 Å². The fourth-order valence-corrected chi connectivity index (χ4v) is 4.34. The van der Waals surface area contributed by atoms with E-state index in [0.29, 0.717) is 5.92 Å². The smallest absolute Gasteiger partial charge is 0.410 e. The molecular weight excluding hydrogens is 529 g/mol. The summed E-state index contributed by atoms with van der Waals surface area (Å²) in [5.74, 6) is 1.33.